The van der Waals surface area contributed by atoms with Gasteiger partial charge in [-0.1, -0.05) is 64.5 Å². The molecule has 1 aliphatic heterocycles. The first-order chi connectivity index (χ1) is 12.7. The van der Waals surface area contributed by atoms with E-state index in [1.807, 2.05) is 30.3 Å². The maximum absolute atomic E-state index is 12.1. The molecular formula is C20H23BrN4O. The van der Waals surface area contributed by atoms with Crippen molar-refractivity contribution in [2.45, 2.75) is 6.54 Å². The van der Waals surface area contributed by atoms with Crippen LogP contribution >= 0.6 is 15.9 Å². The van der Waals surface area contributed by atoms with Gasteiger partial charge in [0.2, 0.25) is 0 Å². The highest BCUT2D eigenvalue weighted by molar-refractivity contribution is 9.10. The second-order valence-electron chi connectivity index (χ2n) is 6.35. The summed E-state index contributed by atoms with van der Waals surface area (Å²) < 4.78 is 0.951. The van der Waals surface area contributed by atoms with E-state index in [1.54, 1.807) is 6.21 Å². The van der Waals surface area contributed by atoms with E-state index in [0.29, 0.717) is 6.54 Å². The van der Waals surface area contributed by atoms with E-state index in [2.05, 4.69) is 60.5 Å². The summed E-state index contributed by atoms with van der Waals surface area (Å²) in [5.41, 5.74) is 4.88. The number of carbonyl (C=O) groups is 1. The molecule has 3 rings (SSSR count). The van der Waals surface area contributed by atoms with Crippen LogP contribution in [0.5, 0.6) is 0 Å². The van der Waals surface area contributed by atoms with Gasteiger partial charge in [-0.25, -0.2) is 5.43 Å². The van der Waals surface area contributed by atoms with Gasteiger partial charge in [-0.2, -0.15) is 5.10 Å². The Kier molecular flexibility index (Phi) is 6.94. The Balaban J connectivity index is 1.39. The highest BCUT2D eigenvalue weighted by Crippen LogP contribution is 2.13. The smallest absolute Gasteiger partial charge is 0.254 e. The maximum Gasteiger partial charge on any atom is 0.254 e. The quantitative estimate of drug-likeness (QED) is 0.583. The summed E-state index contributed by atoms with van der Waals surface area (Å²) in [5.74, 6) is -0.0789. The number of benzene rings is 2. The number of hydrogen-bond acceptors (Lipinski definition) is 4. The molecule has 0 bridgehead atoms. The molecule has 0 aromatic heterocycles. The molecule has 1 amide bonds. The monoisotopic (exact) mass is 414 g/mol. The van der Waals surface area contributed by atoms with Crippen LogP contribution in [0.4, 0.5) is 0 Å². The molecule has 2 aromatic carbocycles. The first-order valence-corrected chi connectivity index (χ1v) is 9.55. The molecule has 0 saturated carbocycles. The van der Waals surface area contributed by atoms with Crippen molar-refractivity contribution in [3.63, 3.8) is 0 Å². The van der Waals surface area contributed by atoms with Crippen LogP contribution in [0.2, 0.25) is 0 Å². The van der Waals surface area contributed by atoms with Crippen LogP contribution in [-0.4, -0.2) is 54.6 Å². The maximum atomic E-state index is 12.1. The second kappa shape index (κ2) is 9.62. The first-order valence-electron chi connectivity index (χ1n) is 8.76. The van der Waals surface area contributed by atoms with Crippen LogP contribution in [0.1, 0.15) is 11.1 Å². The molecular weight excluding hydrogens is 392 g/mol. The number of piperazine rings is 1. The number of hydrogen-bond donors (Lipinski definition) is 1. The molecule has 0 aliphatic carbocycles. The summed E-state index contributed by atoms with van der Waals surface area (Å²) >= 11 is 3.46. The summed E-state index contributed by atoms with van der Waals surface area (Å²) in [6.07, 6.45) is 1.65. The SMILES string of the molecule is O=C(CN1CCN(Cc2ccccc2)CC1)N/N=C/c1ccccc1Br. The normalized spacial score (nSPS) is 16.0. The van der Waals surface area contributed by atoms with Gasteiger partial charge >= 0.3 is 0 Å². The average Bonchev–Trinajstić information content (AvgIpc) is 2.66. The van der Waals surface area contributed by atoms with Gasteiger partial charge in [-0.05, 0) is 11.6 Å². The van der Waals surface area contributed by atoms with Gasteiger partial charge in [-0.15, -0.1) is 0 Å². The Morgan fingerprint density at radius 3 is 2.38 bits per heavy atom. The molecule has 1 heterocycles. The Morgan fingerprint density at radius 1 is 1.00 bits per heavy atom. The molecule has 1 saturated heterocycles. The van der Waals surface area contributed by atoms with Gasteiger partial charge < -0.3 is 0 Å². The van der Waals surface area contributed by atoms with Crippen LogP contribution in [0.25, 0.3) is 0 Å². The predicted molar refractivity (Wildman–Crippen MR) is 108 cm³/mol. The number of nitrogens with one attached hydrogen (secondary N) is 1. The second-order valence-corrected chi connectivity index (χ2v) is 7.21. The molecule has 5 nitrogen and oxygen atoms in total. The van der Waals surface area contributed by atoms with Crippen molar-refractivity contribution in [3.05, 3.63) is 70.2 Å². The largest absolute Gasteiger partial charge is 0.297 e. The van der Waals surface area contributed by atoms with Crippen LogP contribution in [-0.2, 0) is 11.3 Å². The molecule has 6 heteroatoms. The van der Waals surface area contributed by atoms with Gasteiger partial charge in [0.1, 0.15) is 0 Å². The number of rotatable bonds is 6. The van der Waals surface area contributed by atoms with Crippen molar-refractivity contribution >= 4 is 28.1 Å². The zero-order valence-corrected chi connectivity index (χ0v) is 16.2. The third kappa shape index (κ3) is 5.76. The summed E-state index contributed by atoms with van der Waals surface area (Å²) in [4.78, 5) is 16.7. The summed E-state index contributed by atoms with van der Waals surface area (Å²) in [7, 11) is 0. The van der Waals surface area contributed by atoms with Crippen molar-refractivity contribution in [3.8, 4) is 0 Å². The van der Waals surface area contributed by atoms with Gasteiger partial charge in [0.05, 0.1) is 12.8 Å². The van der Waals surface area contributed by atoms with Gasteiger partial charge in [0.15, 0.2) is 0 Å². The van der Waals surface area contributed by atoms with E-state index in [4.69, 9.17) is 0 Å². The Hall–Kier alpha value is -2.02. The van der Waals surface area contributed by atoms with Crippen molar-refractivity contribution in [1.82, 2.24) is 15.2 Å². The minimum Gasteiger partial charge on any atom is -0.297 e. The van der Waals surface area contributed by atoms with E-state index in [9.17, 15) is 4.79 Å². The number of amides is 1. The fraction of sp³-hybridized carbons (Fsp3) is 0.300. The van der Waals surface area contributed by atoms with E-state index in [1.165, 1.54) is 5.56 Å². The highest BCUT2D eigenvalue weighted by atomic mass is 79.9. The predicted octanol–water partition coefficient (Wildman–Crippen LogP) is 2.72. The lowest BCUT2D eigenvalue weighted by Gasteiger charge is -2.34. The molecule has 136 valence electrons. The summed E-state index contributed by atoms with van der Waals surface area (Å²) in [5, 5.41) is 4.05. The first kappa shape index (κ1) is 18.8. The average molecular weight is 415 g/mol. The Bertz CT molecular complexity index is 742. The lowest BCUT2D eigenvalue weighted by molar-refractivity contribution is -0.122. The molecule has 0 radical (unpaired) electrons. The molecule has 26 heavy (non-hydrogen) atoms. The molecule has 1 aliphatic rings. The van der Waals surface area contributed by atoms with Crippen molar-refractivity contribution in [2.24, 2.45) is 5.10 Å². The Labute approximate surface area is 162 Å². The molecule has 1 fully saturated rings. The number of carbonyl (C=O) groups excluding carboxylic acids is 1. The lowest BCUT2D eigenvalue weighted by atomic mass is 10.2. The van der Waals surface area contributed by atoms with Crippen LogP contribution in [0.15, 0.2) is 64.2 Å². The number of halogens is 1. The summed E-state index contributed by atoms with van der Waals surface area (Å²) in [6, 6.07) is 18.3. The standard InChI is InChI=1S/C20H23BrN4O/c21-19-9-5-4-8-18(19)14-22-23-20(26)16-25-12-10-24(11-13-25)15-17-6-2-1-3-7-17/h1-9,14H,10-13,15-16H2,(H,23,26)/b22-14+. The molecule has 2 aromatic rings. The third-order valence-electron chi connectivity index (χ3n) is 4.38. The van der Waals surface area contributed by atoms with Crippen molar-refractivity contribution < 1.29 is 4.79 Å². The Morgan fingerprint density at radius 2 is 1.65 bits per heavy atom. The fourth-order valence-corrected chi connectivity index (χ4v) is 3.33. The van der Waals surface area contributed by atoms with E-state index < -0.39 is 0 Å². The van der Waals surface area contributed by atoms with E-state index in [-0.39, 0.29) is 5.91 Å². The van der Waals surface area contributed by atoms with E-state index in [0.717, 1.165) is 42.8 Å². The number of nitrogens with zero attached hydrogens (tertiary/aromatic N) is 3. The van der Waals surface area contributed by atoms with Crippen LogP contribution < -0.4 is 5.43 Å². The minimum absolute atomic E-state index is 0.0789. The molecule has 0 atom stereocenters. The molecule has 0 unspecified atom stereocenters. The highest BCUT2D eigenvalue weighted by Gasteiger charge is 2.18. The van der Waals surface area contributed by atoms with Crippen molar-refractivity contribution in [2.75, 3.05) is 32.7 Å². The van der Waals surface area contributed by atoms with E-state index >= 15 is 0 Å². The topological polar surface area (TPSA) is 47.9 Å². The van der Waals surface area contributed by atoms with Crippen LogP contribution in [0, 0.1) is 0 Å². The third-order valence-corrected chi connectivity index (χ3v) is 5.10. The minimum atomic E-state index is -0.0789. The zero-order chi connectivity index (χ0) is 18.2. The lowest BCUT2D eigenvalue weighted by Crippen LogP contribution is -2.48. The molecule has 0 spiro atoms. The summed E-state index contributed by atoms with van der Waals surface area (Å²) in [6.45, 7) is 5.09. The fourth-order valence-electron chi connectivity index (χ4n) is 2.94. The van der Waals surface area contributed by atoms with Gasteiger partial charge in [0, 0.05) is 42.8 Å². The van der Waals surface area contributed by atoms with Crippen LogP contribution in [0.3, 0.4) is 0 Å². The zero-order valence-electron chi connectivity index (χ0n) is 14.6. The van der Waals surface area contributed by atoms with Gasteiger partial charge in [0.25, 0.3) is 5.91 Å². The number of hydrazone groups is 1. The van der Waals surface area contributed by atoms with Gasteiger partial charge in [-0.3, -0.25) is 14.6 Å². The molecule has 1 N–H and O–H groups in total. The van der Waals surface area contributed by atoms with Crippen molar-refractivity contribution in [1.29, 1.82) is 0 Å².